The lowest BCUT2D eigenvalue weighted by Crippen LogP contribution is -2.46. The minimum Gasteiger partial charge on any atom is -0.481 e. The number of carboxylic acids is 1. The second-order valence-corrected chi connectivity index (χ2v) is 6.38. The zero-order chi connectivity index (χ0) is 15.6. The molecule has 0 aliphatic carbocycles. The first-order chi connectivity index (χ1) is 9.84. The Hall–Kier alpha value is -1.62. The highest BCUT2D eigenvalue weighted by molar-refractivity contribution is 6.33. The first-order valence-electron chi connectivity index (χ1n) is 6.96. The summed E-state index contributed by atoms with van der Waals surface area (Å²) < 4.78 is 0. The average molecular weight is 311 g/mol. The highest BCUT2D eigenvalue weighted by atomic mass is 35.5. The molecule has 114 valence electrons. The van der Waals surface area contributed by atoms with Crippen LogP contribution in [0.4, 0.5) is 0 Å². The summed E-state index contributed by atoms with van der Waals surface area (Å²) in [5, 5.41) is 9.71. The van der Waals surface area contributed by atoms with Gasteiger partial charge in [0.05, 0.1) is 16.0 Å². The Balaban J connectivity index is 2.17. The van der Waals surface area contributed by atoms with Gasteiger partial charge < -0.3 is 10.0 Å². The lowest BCUT2D eigenvalue weighted by molar-refractivity contribution is -0.151. The van der Waals surface area contributed by atoms with E-state index in [9.17, 15) is 14.7 Å². The van der Waals surface area contributed by atoms with Crippen molar-refractivity contribution >= 4 is 23.5 Å². The van der Waals surface area contributed by atoms with E-state index in [1.165, 1.54) is 12.4 Å². The van der Waals surface area contributed by atoms with E-state index in [1.807, 2.05) is 0 Å². The maximum atomic E-state index is 12.5. The fraction of sp³-hybridized carbons (Fsp3) is 0.533. The molecule has 1 aromatic heterocycles. The van der Waals surface area contributed by atoms with E-state index in [0.717, 1.165) is 12.8 Å². The third-order valence-electron chi connectivity index (χ3n) is 4.28. The highest BCUT2D eigenvalue weighted by Gasteiger charge is 2.40. The largest absolute Gasteiger partial charge is 0.481 e. The van der Waals surface area contributed by atoms with Crippen molar-refractivity contribution < 1.29 is 14.7 Å². The Labute approximate surface area is 128 Å². The molecule has 1 aliphatic heterocycles. The van der Waals surface area contributed by atoms with E-state index in [1.54, 1.807) is 24.8 Å². The fourth-order valence-corrected chi connectivity index (χ4v) is 2.82. The Morgan fingerprint density at radius 2 is 2.19 bits per heavy atom. The Morgan fingerprint density at radius 1 is 1.48 bits per heavy atom. The van der Waals surface area contributed by atoms with Gasteiger partial charge in [-0.2, -0.15) is 0 Å². The van der Waals surface area contributed by atoms with Gasteiger partial charge in [0, 0.05) is 25.5 Å². The van der Waals surface area contributed by atoms with Crippen molar-refractivity contribution in [3.05, 3.63) is 29.0 Å². The number of halogens is 1. The van der Waals surface area contributed by atoms with Gasteiger partial charge in [-0.15, -0.1) is 0 Å². The van der Waals surface area contributed by atoms with Crippen LogP contribution in [0.15, 0.2) is 18.5 Å². The number of carbonyl (C=O) groups is 2. The second-order valence-electron chi connectivity index (χ2n) is 5.97. The second kappa shape index (κ2) is 6.02. The molecule has 1 aliphatic rings. The van der Waals surface area contributed by atoms with Gasteiger partial charge in [0.2, 0.25) is 0 Å². The van der Waals surface area contributed by atoms with Gasteiger partial charge in [-0.05, 0) is 38.7 Å². The highest BCUT2D eigenvalue weighted by Crippen LogP contribution is 2.34. The summed E-state index contributed by atoms with van der Waals surface area (Å²) in [6.45, 7) is 4.48. The van der Waals surface area contributed by atoms with Crippen LogP contribution < -0.4 is 0 Å². The number of amides is 1. The summed E-state index contributed by atoms with van der Waals surface area (Å²) in [5.74, 6) is -1.08. The summed E-state index contributed by atoms with van der Waals surface area (Å²) >= 11 is 6.03. The van der Waals surface area contributed by atoms with Gasteiger partial charge >= 0.3 is 5.97 Å². The molecule has 1 aromatic rings. The molecule has 1 fully saturated rings. The van der Waals surface area contributed by atoms with Crippen LogP contribution in [0.5, 0.6) is 0 Å². The predicted octanol–water partition coefficient (Wildman–Crippen LogP) is 2.70. The van der Waals surface area contributed by atoms with Gasteiger partial charge in [-0.1, -0.05) is 11.6 Å². The van der Waals surface area contributed by atoms with Crippen molar-refractivity contribution in [3.8, 4) is 0 Å². The normalized spacial score (nSPS) is 19.4. The summed E-state index contributed by atoms with van der Waals surface area (Å²) in [5.41, 5.74) is -0.481. The predicted molar refractivity (Wildman–Crippen MR) is 79.3 cm³/mol. The minimum absolute atomic E-state index is 0.0665. The molecule has 21 heavy (non-hydrogen) atoms. The van der Waals surface area contributed by atoms with Crippen molar-refractivity contribution in [2.45, 2.75) is 26.7 Å². The number of pyridine rings is 1. The number of carbonyl (C=O) groups excluding carboxylic acids is 1. The Morgan fingerprint density at radius 3 is 2.81 bits per heavy atom. The molecule has 0 saturated carbocycles. The molecular weight excluding hydrogens is 292 g/mol. The first-order valence-corrected chi connectivity index (χ1v) is 7.34. The number of aromatic nitrogens is 1. The molecule has 0 radical (unpaired) electrons. The van der Waals surface area contributed by atoms with Crippen molar-refractivity contribution in [1.29, 1.82) is 0 Å². The van der Waals surface area contributed by atoms with Crippen LogP contribution in [0.25, 0.3) is 0 Å². The van der Waals surface area contributed by atoms with Crippen LogP contribution >= 0.6 is 11.6 Å². The fourth-order valence-electron chi connectivity index (χ4n) is 2.63. The smallest absolute Gasteiger partial charge is 0.309 e. The molecule has 2 heterocycles. The van der Waals surface area contributed by atoms with Gasteiger partial charge in [0.15, 0.2) is 0 Å². The number of rotatable bonds is 3. The van der Waals surface area contributed by atoms with Gasteiger partial charge in [-0.3, -0.25) is 14.6 Å². The standard InChI is InChI=1S/C15H19ClN2O3/c1-15(2,14(20)21)10-4-3-7-18(9-10)13(19)11-8-17-6-5-12(11)16/h5-6,8,10H,3-4,7,9H2,1-2H3,(H,20,21). The molecule has 0 bridgehead atoms. The maximum Gasteiger partial charge on any atom is 0.309 e. The number of nitrogens with zero attached hydrogens (tertiary/aromatic N) is 2. The Kier molecular flexibility index (Phi) is 4.52. The summed E-state index contributed by atoms with van der Waals surface area (Å²) in [7, 11) is 0. The van der Waals surface area contributed by atoms with Crippen molar-refractivity contribution in [3.63, 3.8) is 0 Å². The third-order valence-corrected chi connectivity index (χ3v) is 4.61. The first kappa shape index (κ1) is 15.8. The van der Waals surface area contributed by atoms with Gasteiger partial charge in [-0.25, -0.2) is 0 Å². The van der Waals surface area contributed by atoms with E-state index >= 15 is 0 Å². The molecule has 5 nitrogen and oxygen atoms in total. The minimum atomic E-state index is -0.850. The van der Waals surface area contributed by atoms with Crippen LogP contribution in [-0.2, 0) is 4.79 Å². The molecule has 1 saturated heterocycles. The molecule has 2 rings (SSSR count). The molecule has 1 unspecified atom stereocenters. The molecule has 6 heteroatoms. The number of hydrogen-bond donors (Lipinski definition) is 1. The zero-order valence-electron chi connectivity index (χ0n) is 12.2. The molecule has 1 N–H and O–H groups in total. The van der Waals surface area contributed by atoms with E-state index in [4.69, 9.17) is 11.6 Å². The monoisotopic (exact) mass is 310 g/mol. The molecule has 0 aromatic carbocycles. The SMILES string of the molecule is CC(C)(C(=O)O)C1CCCN(C(=O)c2cnccc2Cl)C1. The summed E-state index contributed by atoms with van der Waals surface area (Å²) in [4.78, 5) is 29.5. The molecule has 1 amide bonds. The van der Waals surface area contributed by atoms with E-state index < -0.39 is 11.4 Å². The third kappa shape index (κ3) is 3.18. The van der Waals surface area contributed by atoms with E-state index in [2.05, 4.69) is 4.98 Å². The summed E-state index contributed by atoms with van der Waals surface area (Å²) in [6, 6.07) is 1.58. The average Bonchev–Trinajstić information content (AvgIpc) is 2.47. The number of piperidine rings is 1. The lowest BCUT2D eigenvalue weighted by Gasteiger charge is -2.39. The Bertz CT molecular complexity index is 560. The van der Waals surface area contributed by atoms with Crippen LogP contribution in [0, 0.1) is 11.3 Å². The van der Waals surface area contributed by atoms with Gasteiger partial charge in [0.25, 0.3) is 5.91 Å². The number of likely N-dealkylation sites (tertiary alicyclic amines) is 1. The topological polar surface area (TPSA) is 70.5 Å². The van der Waals surface area contributed by atoms with Crippen molar-refractivity contribution in [1.82, 2.24) is 9.88 Å². The van der Waals surface area contributed by atoms with Crippen LogP contribution in [0.2, 0.25) is 5.02 Å². The molecule has 0 spiro atoms. The number of aliphatic carboxylic acids is 1. The molecular formula is C15H19ClN2O3. The maximum absolute atomic E-state index is 12.5. The van der Waals surface area contributed by atoms with E-state index in [0.29, 0.717) is 23.7 Å². The number of carboxylic acid groups (broad SMARTS) is 1. The van der Waals surface area contributed by atoms with Crippen LogP contribution in [0.3, 0.4) is 0 Å². The van der Waals surface area contributed by atoms with Crippen molar-refractivity contribution in [2.24, 2.45) is 11.3 Å². The summed E-state index contributed by atoms with van der Waals surface area (Å²) in [6.07, 6.45) is 4.59. The van der Waals surface area contributed by atoms with Crippen LogP contribution in [0.1, 0.15) is 37.0 Å². The molecule has 1 atom stereocenters. The van der Waals surface area contributed by atoms with Crippen molar-refractivity contribution in [2.75, 3.05) is 13.1 Å². The zero-order valence-corrected chi connectivity index (χ0v) is 12.9. The van der Waals surface area contributed by atoms with Gasteiger partial charge in [0.1, 0.15) is 0 Å². The van der Waals surface area contributed by atoms with E-state index in [-0.39, 0.29) is 11.8 Å². The lowest BCUT2D eigenvalue weighted by atomic mass is 9.74. The quantitative estimate of drug-likeness (QED) is 0.932. The number of hydrogen-bond acceptors (Lipinski definition) is 3. The van der Waals surface area contributed by atoms with Crippen LogP contribution in [-0.4, -0.2) is 40.0 Å².